The molecule has 3 heteroatoms. The molecular formula is C12H19NO2. The van der Waals surface area contributed by atoms with Crippen LogP contribution in [0.15, 0.2) is 24.3 Å². The summed E-state index contributed by atoms with van der Waals surface area (Å²) in [4.78, 5) is 0. The summed E-state index contributed by atoms with van der Waals surface area (Å²) in [6, 6.07) is 8.21. The van der Waals surface area contributed by atoms with E-state index in [1.54, 1.807) is 7.11 Å². The maximum absolute atomic E-state index is 9.45. The van der Waals surface area contributed by atoms with Crippen molar-refractivity contribution in [1.29, 1.82) is 0 Å². The third kappa shape index (κ3) is 4.32. The molecule has 3 nitrogen and oxygen atoms in total. The highest BCUT2D eigenvalue weighted by molar-refractivity contribution is 5.45. The van der Waals surface area contributed by atoms with Gasteiger partial charge in [0.25, 0.3) is 0 Å². The molecule has 1 aromatic carbocycles. The fraction of sp³-hybridized carbons (Fsp3) is 0.500. The molecule has 0 aliphatic heterocycles. The van der Waals surface area contributed by atoms with E-state index in [4.69, 9.17) is 4.74 Å². The van der Waals surface area contributed by atoms with Gasteiger partial charge in [-0.25, -0.2) is 0 Å². The zero-order valence-corrected chi connectivity index (χ0v) is 9.36. The highest BCUT2D eigenvalue weighted by Crippen LogP contribution is 2.10. The minimum absolute atomic E-state index is 0.362. The summed E-state index contributed by atoms with van der Waals surface area (Å²) in [6.07, 6.45) is 0.566. The number of aliphatic hydroxyl groups is 1. The predicted octanol–water partition coefficient (Wildman–Crippen LogP) is 1.67. The molecule has 0 radical (unpaired) electrons. The van der Waals surface area contributed by atoms with Crippen molar-refractivity contribution >= 4 is 5.69 Å². The molecule has 0 saturated carbocycles. The van der Waals surface area contributed by atoms with Gasteiger partial charge in [0.1, 0.15) is 0 Å². The first kappa shape index (κ1) is 12.0. The third-order valence-electron chi connectivity index (χ3n) is 2.24. The first-order chi connectivity index (χ1) is 7.26. The lowest BCUT2D eigenvalue weighted by Crippen LogP contribution is -2.24. The Labute approximate surface area is 91.1 Å². The first-order valence-corrected chi connectivity index (χ1v) is 5.26. The van der Waals surface area contributed by atoms with E-state index in [1.165, 1.54) is 5.56 Å². The van der Waals surface area contributed by atoms with Crippen LogP contribution in [0.5, 0.6) is 0 Å². The van der Waals surface area contributed by atoms with Crippen molar-refractivity contribution in [3.8, 4) is 0 Å². The van der Waals surface area contributed by atoms with Gasteiger partial charge in [-0.15, -0.1) is 0 Å². The molecule has 0 aromatic heterocycles. The molecule has 1 aromatic rings. The summed E-state index contributed by atoms with van der Waals surface area (Å²) in [6.45, 7) is 3.00. The maximum Gasteiger partial charge on any atom is 0.0945 e. The van der Waals surface area contributed by atoms with Crippen molar-refractivity contribution in [3.63, 3.8) is 0 Å². The Morgan fingerprint density at radius 2 is 2.27 bits per heavy atom. The van der Waals surface area contributed by atoms with Crippen LogP contribution in [0.4, 0.5) is 5.69 Å². The number of nitrogens with one attached hydrogen (secondary N) is 1. The van der Waals surface area contributed by atoms with E-state index in [1.807, 2.05) is 12.1 Å². The van der Waals surface area contributed by atoms with E-state index in [2.05, 4.69) is 24.4 Å². The lowest BCUT2D eigenvalue weighted by Gasteiger charge is -2.12. The number of aliphatic hydroxyl groups excluding tert-OH is 1. The number of benzene rings is 1. The number of anilines is 1. The van der Waals surface area contributed by atoms with Crippen molar-refractivity contribution < 1.29 is 9.84 Å². The Hall–Kier alpha value is -1.06. The quantitative estimate of drug-likeness (QED) is 0.749. The Balaban J connectivity index is 2.43. The van der Waals surface area contributed by atoms with Crippen molar-refractivity contribution in [3.05, 3.63) is 29.8 Å². The minimum Gasteiger partial charge on any atom is -0.389 e. The summed E-state index contributed by atoms with van der Waals surface area (Å²) in [5, 5.41) is 12.6. The molecular weight excluding hydrogens is 190 g/mol. The molecule has 0 fully saturated rings. The van der Waals surface area contributed by atoms with E-state index in [9.17, 15) is 5.11 Å². The van der Waals surface area contributed by atoms with E-state index < -0.39 is 6.10 Å². The number of methoxy groups -OCH3 is 1. The van der Waals surface area contributed by atoms with Gasteiger partial charge in [-0.3, -0.25) is 0 Å². The van der Waals surface area contributed by atoms with Crippen molar-refractivity contribution in [2.24, 2.45) is 0 Å². The van der Waals surface area contributed by atoms with Crippen LogP contribution in [0.3, 0.4) is 0 Å². The standard InChI is InChI=1S/C12H19NO2/c1-3-10-5-4-6-11(7-10)13-8-12(14)9-15-2/h4-7,12-14H,3,8-9H2,1-2H3. The number of aryl methyl sites for hydroxylation is 1. The second kappa shape index (κ2) is 6.43. The van der Waals surface area contributed by atoms with E-state index in [0.717, 1.165) is 12.1 Å². The van der Waals surface area contributed by atoms with Gasteiger partial charge in [0.2, 0.25) is 0 Å². The Morgan fingerprint density at radius 1 is 1.47 bits per heavy atom. The van der Waals surface area contributed by atoms with Gasteiger partial charge in [0, 0.05) is 19.3 Å². The van der Waals surface area contributed by atoms with Gasteiger partial charge in [-0.05, 0) is 24.1 Å². The van der Waals surface area contributed by atoms with E-state index >= 15 is 0 Å². The van der Waals surface area contributed by atoms with Gasteiger partial charge in [-0.2, -0.15) is 0 Å². The van der Waals surface area contributed by atoms with Gasteiger partial charge in [-0.1, -0.05) is 19.1 Å². The molecule has 0 spiro atoms. The second-order valence-electron chi connectivity index (χ2n) is 3.54. The summed E-state index contributed by atoms with van der Waals surface area (Å²) < 4.78 is 4.85. The number of hydrogen-bond acceptors (Lipinski definition) is 3. The topological polar surface area (TPSA) is 41.5 Å². The van der Waals surface area contributed by atoms with Gasteiger partial charge in [0.15, 0.2) is 0 Å². The maximum atomic E-state index is 9.45. The van der Waals surface area contributed by atoms with Crippen LogP contribution < -0.4 is 5.32 Å². The number of rotatable bonds is 6. The van der Waals surface area contributed by atoms with Crippen LogP contribution in [0, 0.1) is 0 Å². The summed E-state index contributed by atoms with van der Waals surface area (Å²) in [5.74, 6) is 0. The number of ether oxygens (including phenoxy) is 1. The largest absolute Gasteiger partial charge is 0.389 e. The molecule has 1 rings (SSSR count). The molecule has 84 valence electrons. The molecule has 1 atom stereocenters. The second-order valence-corrected chi connectivity index (χ2v) is 3.54. The van der Waals surface area contributed by atoms with E-state index in [0.29, 0.717) is 13.2 Å². The lowest BCUT2D eigenvalue weighted by molar-refractivity contribution is 0.0727. The van der Waals surface area contributed by atoms with Crippen LogP contribution in [0.1, 0.15) is 12.5 Å². The van der Waals surface area contributed by atoms with Crippen LogP contribution in [-0.2, 0) is 11.2 Å². The highest BCUT2D eigenvalue weighted by atomic mass is 16.5. The van der Waals surface area contributed by atoms with Gasteiger partial charge in [0.05, 0.1) is 12.7 Å². The van der Waals surface area contributed by atoms with Crippen LogP contribution in [0.2, 0.25) is 0 Å². The molecule has 0 aliphatic rings. The van der Waals surface area contributed by atoms with Gasteiger partial charge < -0.3 is 15.2 Å². The van der Waals surface area contributed by atoms with E-state index in [-0.39, 0.29) is 0 Å². The zero-order chi connectivity index (χ0) is 11.1. The minimum atomic E-state index is -0.458. The van der Waals surface area contributed by atoms with Crippen molar-refractivity contribution in [2.75, 3.05) is 25.6 Å². The fourth-order valence-electron chi connectivity index (χ4n) is 1.39. The molecule has 0 amide bonds. The van der Waals surface area contributed by atoms with Gasteiger partial charge >= 0.3 is 0 Å². The summed E-state index contributed by atoms with van der Waals surface area (Å²) in [7, 11) is 1.58. The fourth-order valence-corrected chi connectivity index (χ4v) is 1.39. The summed E-state index contributed by atoms with van der Waals surface area (Å²) >= 11 is 0. The lowest BCUT2D eigenvalue weighted by atomic mass is 10.1. The highest BCUT2D eigenvalue weighted by Gasteiger charge is 2.02. The average Bonchev–Trinajstić information content (AvgIpc) is 2.27. The third-order valence-corrected chi connectivity index (χ3v) is 2.24. The SMILES string of the molecule is CCc1cccc(NCC(O)COC)c1. The molecule has 0 aliphatic carbocycles. The van der Waals surface area contributed by atoms with Crippen LogP contribution in [0.25, 0.3) is 0 Å². The van der Waals surface area contributed by atoms with Crippen molar-refractivity contribution in [1.82, 2.24) is 0 Å². The predicted molar refractivity (Wildman–Crippen MR) is 62.2 cm³/mol. The molecule has 1 unspecified atom stereocenters. The number of hydrogen-bond donors (Lipinski definition) is 2. The van der Waals surface area contributed by atoms with Crippen LogP contribution >= 0.6 is 0 Å². The van der Waals surface area contributed by atoms with Crippen molar-refractivity contribution in [2.45, 2.75) is 19.4 Å². The summed E-state index contributed by atoms with van der Waals surface area (Å²) in [5.41, 5.74) is 2.34. The monoisotopic (exact) mass is 209 g/mol. The molecule has 0 heterocycles. The molecule has 15 heavy (non-hydrogen) atoms. The Kier molecular flexibility index (Phi) is 5.15. The smallest absolute Gasteiger partial charge is 0.0945 e. The first-order valence-electron chi connectivity index (χ1n) is 5.26. The molecule has 2 N–H and O–H groups in total. The normalized spacial score (nSPS) is 12.5. The zero-order valence-electron chi connectivity index (χ0n) is 9.36. The Bertz CT molecular complexity index is 289. The average molecular weight is 209 g/mol. The Morgan fingerprint density at radius 3 is 2.93 bits per heavy atom. The molecule has 0 bridgehead atoms. The molecule has 0 saturated heterocycles. The van der Waals surface area contributed by atoms with Crippen LogP contribution in [-0.4, -0.2) is 31.5 Å².